The topological polar surface area (TPSA) is 3.24 Å². The molecule has 10 heavy (non-hydrogen) atoms. The summed E-state index contributed by atoms with van der Waals surface area (Å²) in [5.74, 6) is 0. The quantitative estimate of drug-likeness (QED) is 0.594. The molecule has 1 rings (SSSR count). The van der Waals surface area contributed by atoms with Gasteiger partial charge in [-0.1, -0.05) is 18.2 Å². The van der Waals surface area contributed by atoms with Crippen LogP contribution in [0.5, 0.6) is 0 Å². The number of anilines is 1. The fourth-order valence-electron chi connectivity index (χ4n) is 0.772. The normalized spacial score (nSPS) is 9.40. The Kier molecular flexibility index (Phi) is 2.57. The van der Waals surface area contributed by atoms with Gasteiger partial charge in [0.05, 0.1) is 5.69 Å². The van der Waals surface area contributed by atoms with Crippen LogP contribution in [0.3, 0.4) is 0 Å². The van der Waals surface area contributed by atoms with Crippen molar-refractivity contribution in [2.24, 2.45) is 0 Å². The lowest BCUT2D eigenvalue weighted by atomic mass is 10.3. The maximum atomic E-state index is 5.82. The van der Waals surface area contributed by atoms with Crippen molar-refractivity contribution in [3.8, 4) is 0 Å². The van der Waals surface area contributed by atoms with E-state index in [0.717, 1.165) is 12.2 Å². The molecule has 2 heteroatoms. The lowest BCUT2D eigenvalue weighted by Gasteiger charge is -2.11. The van der Waals surface area contributed by atoms with Gasteiger partial charge in [0.2, 0.25) is 0 Å². The summed E-state index contributed by atoms with van der Waals surface area (Å²) in [7, 11) is 0. The second kappa shape index (κ2) is 3.47. The molecular weight excluding hydrogens is 146 g/mol. The van der Waals surface area contributed by atoms with E-state index in [1.807, 2.05) is 37.3 Å². The largest absolute Gasteiger partial charge is 0.286 e. The Morgan fingerprint density at radius 1 is 1.30 bits per heavy atom. The number of hydrogen-bond acceptors (Lipinski definition) is 1. The highest BCUT2D eigenvalue weighted by atomic mass is 35.5. The van der Waals surface area contributed by atoms with Crippen molar-refractivity contribution in [2.75, 3.05) is 11.0 Å². The number of benzene rings is 1. The molecule has 0 aliphatic heterocycles. The molecule has 1 aromatic rings. The van der Waals surface area contributed by atoms with Crippen LogP contribution < -0.4 is 4.42 Å². The number of rotatable bonds is 2. The van der Waals surface area contributed by atoms with E-state index in [0.29, 0.717) is 0 Å². The zero-order valence-corrected chi connectivity index (χ0v) is 6.67. The molecule has 0 spiro atoms. The lowest BCUT2D eigenvalue weighted by Crippen LogP contribution is -2.07. The zero-order valence-electron chi connectivity index (χ0n) is 5.92. The third kappa shape index (κ3) is 1.64. The van der Waals surface area contributed by atoms with Crippen LogP contribution in [0, 0.1) is 0 Å². The molecule has 0 aliphatic carbocycles. The second-order valence-electron chi connectivity index (χ2n) is 2.01. The van der Waals surface area contributed by atoms with E-state index in [4.69, 9.17) is 11.8 Å². The van der Waals surface area contributed by atoms with Gasteiger partial charge in [-0.05, 0) is 19.1 Å². The minimum absolute atomic E-state index is 0.825. The summed E-state index contributed by atoms with van der Waals surface area (Å²) in [4.78, 5) is 0. The van der Waals surface area contributed by atoms with Gasteiger partial charge in [-0.15, -0.1) is 0 Å². The molecule has 0 aliphatic rings. The molecule has 0 bridgehead atoms. The van der Waals surface area contributed by atoms with E-state index < -0.39 is 0 Å². The number of nitrogens with zero attached hydrogens (tertiary/aromatic N) is 1. The molecule has 0 radical (unpaired) electrons. The smallest absolute Gasteiger partial charge is 0.0522 e. The Balaban J connectivity index is 2.75. The van der Waals surface area contributed by atoms with Crippen molar-refractivity contribution in [1.82, 2.24) is 0 Å². The Morgan fingerprint density at radius 3 is 2.40 bits per heavy atom. The van der Waals surface area contributed by atoms with E-state index in [9.17, 15) is 0 Å². The first-order chi connectivity index (χ1) is 4.84. The molecule has 1 aromatic carbocycles. The van der Waals surface area contributed by atoms with Crippen molar-refractivity contribution in [3.63, 3.8) is 0 Å². The first kappa shape index (κ1) is 7.42. The SMILES string of the molecule is CCN(Cl)c1ccccc1. The molecule has 54 valence electrons. The highest BCUT2D eigenvalue weighted by Gasteiger charge is 1.95. The highest BCUT2D eigenvalue weighted by Crippen LogP contribution is 2.13. The second-order valence-corrected chi connectivity index (χ2v) is 2.42. The summed E-state index contributed by atoms with van der Waals surface area (Å²) in [6.07, 6.45) is 0. The molecule has 0 unspecified atom stereocenters. The van der Waals surface area contributed by atoms with Crippen LogP contribution in [0.25, 0.3) is 0 Å². The lowest BCUT2D eigenvalue weighted by molar-refractivity contribution is 1.10. The monoisotopic (exact) mass is 155 g/mol. The predicted molar refractivity (Wildman–Crippen MR) is 45.3 cm³/mol. The Labute approximate surface area is 66.3 Å². The number of para-hydroxylation sites is 1. The molecule has 0 fully saturated rings. The van der Waals surface area contributed by atoms with E-state index in [1.165, 1.54) is 0 Å². The molecule has 0 amide bonds. The van der Waals surface area contributed by atoms with Gasteiger partial charge in [0.15, 0.2) is 0 Å². The molecule has 1 nitrogen and oxygen atoms in total. The van der Waals surface area contributed by atoms with Gasteiger partial charge in [-0.25, -0.2) is 0 Å². The summed E-state index contributed by atoms with van der Waals surface area (Å²) in [6.45, 7) is 2.84. The number of halogens is 1. The standard InChI is InChI=1S/C8H10ClN/c1-2-10(9)8-6-4-3-5-7-8/h3-7H,2H2,1H3. The summed E-state index contributed by atoms with van der Waals surface area (Å²) in [5, 5.41) is 0. The van der Waals surface area contributed by atoms with E-state index >= 15 is 0 Å². The van der Waals surface area contributed by atoms with Crippen molar-refractivity contribution in [3.05, 3.63) is 30.3 Å². The van der Waals surface area contributed by atoms with Crippen LogP contribution >= 0.6 is 11.8 Å². The van der Waals surface area contributed by atoms with Crippen LogP contribution in [-0.4, -0.2) is 6.54 Å². The van der Waals surface area contributed by atoms with Crippen LogP contribution in [0.15, 0.2) is 30.3 Å². The highest BCUT2D eigenvalue weighted by molar-refractivity contribution is 6.25. The summed E-state index contributed by atoms with van der Waals surface area (Å²) < 4.78 is 1.68. The van der Waals surface area contributed by atoms with E-state index in [2.05, 4.69) is 0 Å². The Bertz CT molecular complexity index is 186. The van der Waals surface area contributed by atoms with Crippen molar-refractivity contribution < 1.29 is 0 Å². The minimum atomic E-state index is 0.825. The van der Waals surface area contributed by atoms with Crippen molar-refractivity contribution >= 4 is 17.5 Å². The predicted octanol–water partition coefficient (Wildman–Crippen LogP) is 2.67. The van der Waals surface area contributed by atoms with Crippen LogP contribution in [-0.2, 0) is 0 Å². The van der Waals surface area contributed by atoms with Crippen LogP contribution in [0.1, 0.15) is 6.92 Å². The average Bonchev–Trinajstić information content (AvgIpc) is 2.05. The van der Waals surface area contributed by atoms with E-state index in [-0.39, 0.29) is 0 Å². The van der Waals surface area contributed by atoms with Crippen LogP contribution in [0.4, 0.5) is 5.69 Å². The number of hydrogen-bond donors (Lipinski definition) is 0. The average molecular weight is 156 g/mol. The molecule has 0 saturated carbocycles. The molecule has 0 N–H and O–H groups in total. The van der Waals surface area contributed by atoms with E-state index in [1.54, 1.807) is 4.42 Å². The van der Waals surface area contributed by atoms with Crippen molar-refractivity contribution in [1.29, 1.82) is 0 Å². The first-order valence-corrected chi connectivity index (χ1v) is 3.66. The van der Waals surface area contributed by atoms with Crippen LogP contribution in [0.2, 0.25) is 0 Å². The minimum Gasteiger partial charge on any atom is -0.286 e. The maximum absolute atomic E-state index is 5.82. The maximum Gasteiger partial charge on any atom is 0.0522 e. The van der Waals surface area contributed by atoms with Gasteiger partial charge in [0, 0.05) is 18.3 Å². The summed E-state index contributed by atoms with van der Waals surface area (Å²) in [5.41, 5.74) is 1.05. The molecule has 0 aromatic heterocycles. The zero-order chi connectivity index (χ0) is 7.40. The Hall–Kier alpha value is -0.690. The summed E-state index contributed by atoms with van der Waals surface area (Å²) >= 11 is 5.82. The first-order valence-electron chi connectivity index (χ1n) is 3.33. The molecular formula is C8H10ClN. The Morgan fingerprint density at radius 2 is 1.90 bits per heavy atom. The molecule has 0 atom stereocenters. The van der Waals surface area contributed by atoms with Gasteiger partial charge < -0.3 is 0 Å². The van der Waals surface area contributed by atoms with Crippen molar-refractivity contribution in [2.45, 2.75) is 6.92 Å². The third-order valence-electron chi connectivity index (χ3n) is 1.31. The third-order valence-corrected chi connectivity index (χ3v) is 1.75. The van der Waals surface area contributed by atoms with Gasteiger partial charge in [0.25, 0.3) is 0 Å². The fraction of sp³-hybridized carbons (Fsp3) is 0.250. The fourth-order valence-corrected chi connectivity index (χ4v) is 0.885. The summed E-state index contributed by atoms with van der Waals surface area (Å²) in [6, 6.07) is 9.89. The molecule has 0 heterocycles. The van der Waals surface area contributed by atoms with Gasteiger partial charge in [-0.3, -0.25) is 4.42 Å². The van der Waals surface area contributed by atoms with Gasteiger partial charge >= 0.3 is 0 Å². The molecule has 0 saturated heterocycles. The van der Waals surface area contributed by atoms with Gasteiger partial charge in [0.1, 0.15) is 0 Å². The van der Waals surface area contributed by atoms with Gasteiger partial charge in [-0.2, -0.15) is 0 Å².